The first-order valence-electron chi connectivity index (χ1n) is 4.47. The number of amides is 1. The summed E-state index contributed by atoms with van der Waals surface area (Å²) in [6, 6.07) is 3.41. The van der Waals surface area contributed by atoms with E-state index >= 15 is 0 Å². The van der Waals surface area contributed by atoms with Crippen molar-refractivity contribution in [1.29, 1.82) is 0 Å². The maximum Gasteiger partial charge on any atom is 0.289 e. The molecule has 4 heteroatoms. The van der Waals surface area contributed by atoms with Crippen LogP contribution in [-0.4, -0.2) is 23.9 Å². The van der Waals surface area contributed by atoms with Gasteiger partial charge in [0.05, 0.1) is 0 Å². The molecule has 0 atom stereocenters. The van der Waals surface area contributed by atoms with E-state index in [0.29, 0.717) is 17.0 Å². The number of hydrogen-bond donors (Lipinski definition) is 0. The topological polar surface area (TPSA) is 33.5 Å². The maximum absolute atomic E-state index is 11.8. The Morgan fingerprint density at radius 1 is 1.43 bits per heavy atom. The Kier molecular flexibility index (Phi) is 2.72. The lowest BCUT2D eigenvalue weighted by molar-refractivity contribution is 0.0738. The quantitative estimate of drug-likeness (QED) is 0.723. The summed E-state index contributed by atoms with van der Waals surface area (Å²) in [4.78, 5) is 13.6. The molecule has 1 aliphatic heterocycles. The molecular formula is C10H10BrNO2. The molecule has 14 heavy (non-hydrogen) atoms. The van der Waals surface area contributed by atoms with Crippen LogP contribution in [0.25, 0.3) is 0 Å². The van der Waals surface area contributed by atoms with Gasteiger partial charge in [-0.05, 0) is 34.5 Å². The lowest BCUT2D eigenvalue weighted by Gasteiger charge is -2.21. The van der Waals surface area contributed by atoms with E-state index in [2.05, 4.69) is 22.0 Å². The lowest BCUT2D eigenvalue weighted by atomic mass is 10.2. The van der Waals surface area contributed by atoms with E-state index in [1.807, 2.05) is 6.08 Å². The van der Waals surface area contributed by atoms with E-state index in [1.54, 1.807) is 17.0 Å². The molecule has 1 aromatic heterocycles. The molecular weight excluding hydrogens is 246 g/mol. The molecule has 0 radical (unpaired) electrons. The highest BCUT2D eigenvalue weighted by atomic mass is 79.9. The molecule has 1 aliphatic rings. The summed E-state index contributed by atoms with van der Waals surface area (Å²) >= 11 is 3.17. The molecule has 2 rings (SSSR count). The summed E-state index contributed by atoms with van der Waals surface area (Å²) in [6.07, 6.45) is 5.01. The highest BCUT2D eigenvalue weighted by Gasteiger charge is 2.18. The predicted molar refractivity (Wildman–Crippen MR) is 56.1 cm³/mol. The van der Waals surface area contributed by atoms with Gasteiger partial charge in [0.2, 0.25) is 0 Å². The van der Waals surface area contributed by atoms with Gasteiger partial charge >= 0.3 is 0 Å². The van der Waals surface area contributed by atoms with E-state index < -0.39 is 0 Å². The summed E-state index contributed by atoms with van der Waals surface area (Å²) in [5.74, 6) is 0.354. The zero-order valence-electron chi connectivity index (χ0n) is 7.57. The van der Waals surface area contributed by atoms with Gasteiger partial charge in [-0.15, -0.1) is 0 Å². The molecule has 1 amide bonds. The number of nitrogens with zero attached hydrogens (tertiary/aromatic N) is 1. The summed E-state index contributed by atoms with van der Waals surface area (Å²) in [6.45, 7) is 1.45. The number of carbonyl (C=O) groups is 1. The van der Waals surface area contributed by atoms with Crippen LogP contribution in [0.1, 0.15) is 17.0 Å². The molecule has 0 aliphatic carbocycles. The third-order valence-electron chi connectivity index (χ3n) is 2.13. The van der Waals surface area contributed by atoms with Crippen LogP contribution in [-0.2, 0) is 0 Å². The SMILES string of the molecule is O=C(c1ccc(Br)o1)N1CC=CCC1. The Bertz CT molecular complexity index is 370. The molecule has 0 N–H and O–H groups in total. The molecule has 0 saturated heterocycles. The summed E-state index contributed by atoms with van der Waals surface area (Å²) in [5, 5.41) is 0. The molecule has 0 bridgehead atoms. The molecule has 0 unspecified atom stereocenters. The first kappa shape index (κ1) is 9.52. The largest absolute Gasteiger partial charge is 0.444 e. The average Bonchev–Trinajstić information content (AvgIpc) is 2.65. The normalized spacial score (nSPS) is 15.9. The Labute approximate surface area is 90.5 Å². The van der Waals surface area contributed by atoms with E-state index in [0.717, 1.165) is 13.0 Å². The smallest absolute Gasteiger partial charge is 0.289 e. The Morgan fingerprint density at radius 2 is 2.29 bits per heavy atom. The van der Waals surface area contributed by atoms with Crippen LogP contribution in [0.15, 0.2) is 33.4 Å². The first-order chi connectivity index (χ1) is 6.77. The summed E-state index contributed by atoms with van der Waals surface area (Å²) in [5.41, 5.74) is 0. The number of hydrogen-bond acceptors (Lipinski definition) is 2. The molecule has 0 saturated carbocycles. The Balaban J connectivity index is 2.11. The van der Waals surface area contributed by atoms with Crippen LogP contribution in [0.5, 0.6) is 0 Å². The van der Waals surface area contributed by atoms with E-state index in [4.69, 9.17) is 4.42 Å². The number of rotatable bonds is 1. The van der Waals surface area contributed by atoms with Gasteiger partial charge in [0.1, 0.15) is 0 Å². The van der Waals surface area contributed by atoms with Crippen molar-refractivity contribution in [3.8, 4) is 0 Å². The zero-order valence-corrected chi connectivity index (χ0v) is 9.16. The third kappa shape index (κ3) is 1.90. The van der Waals surface area contributed by atoms with Gasteiger partial charge in [0.15, 0.2) is 10.4 Å². The van der Waals surface area contributed by atoms with E-state index in [-0.39, 0.29) is 5.91 Å². The molecule has 3 nitrogen and oxygen atoms in total. The molecule has 74 valence electrons. The van der Waals surface area contributed by atoms with Crippen molar-refractivity contribution >= 4 is 21.8 Å². The molecule has 1 aromatic rings. The average molecular weight is 256 g/mol. The third-order valence-corrected chi connectivity index (χ3v) is 2.56. The van der Waals surface area contributed by atoms with Gasteiger partial charge in [-0.1, -0.05) is 12.2 Å². The van der Waals surface area contributed by atoms with Crippen molar-refractivity contribution in [2.75, 3.05) is 13.1 Å². The van der Waals surface area contributed by atoms with Crippen molar-refractivity contribution in [2.24, 2.45) is 0 Å². The fourth-order valence-electron chi connectivity index (χ4n) is 1.41. The van der Waals surface area contributed by atoms with Crippen LogP contribution >= 0.6 is 15.9 Å². The highest BCUT2D eigenvalue weighted by Crippen LogP contribution is 2.16. The van der Waals surface area contributed by atoms with Crippen molar-refractivity contribution < 1.29 is 9.21 Å². The fraction of sp³-hybridized carbons (Fsp3) is 0.300. The second-order valence-electron chi connectivity index (χ2n) is 3.12. The second-order valence-corrected chi connectivity index (χ2v) is 3.90. The number of halogens is 1. The Morgan fingerprint density at radius 3 is 2.86 bits per heavy atom. The molecule has 0 spiro atoms. The second kappa shape index (κ2) is 4.00. The predicted octanol–water partition coefficient (Wildman–Crippen LogP) is 2.44. The number of furan rings is 1. The van der Waals surface area contributed by atoms with Crippen LogP contribution in [0.2, 0.25) is 0 Å². The van der Waals surface area contributed by atoms with Crippen LogP contribution in [0.4, 0.5) is 0 Å². The summed E-state index contributed by atoms with van der Waals surface area (Å²) in [7, 11) is 0. The van der Waals surface area contributed by atoms with Crippen molar-refractivity contribution in [1.82, 2.24) is 4.90 Å². The van der Waals surface area contributed by atoms with E-state index in [9.17, 15) is 4.79 Å². The molecule has 2 heterocycles. The van der Waals surface area contributed by atoms with E-state index in [1.165, 1.54) is 0 Å². The zero-order chi connectivity index (χ0) is 9.97. The monoisotopic (exact) mass is 255 g/mol. The van der Waals surface area contributed by atoms with Gasteiger partial charge < -0.3 is 9.32 Å². The van der Waals surface area contributed by atoms with Crippen molar-refractivity contribution in [3.63, 3.8) is 0 Å². The van der Waals surface area contributed by atoms with Gasteiger partial charge in [0, 0.05) is 13.1 Å². The molecule has 0 fully saturated rings. The molecule has 0 aromatic carbocycles. The minimum Gasteiger partial charge on any atom is -0.444 e. The minimum atomic E-state index is -0.0416. The fourth-order valence-corrected chi connectivity index (χ4v) is 1.72. The highest BCUT2D eigenvalue weighted by molar-refractivity contribution is 9.10. The van der Waals surface area contributed by atoms with Crippen LogP contribution in [0, 0.1) is 0 Å². The van der Waals surface area contributed by atoms with Gasteiger partial charge in [-0.3, -0.25) is 4.79 Å². The minimum absolute atomic E-state index is 0.0416. The van der Waals surface area contributed by atoms with Gasteiger partial charge in [-0.2, -0.15) is 0 Å². The standard InChI is InChI=1S/C10H10BrNO2/c11-9-5-4-8(14-9)10(13)12-6-2-1-3-7-12/h1-2,4-5H,3,6-7H2. The van der Waals surface area contributed by atoms with Crippen LogP contribution < -0.4 is 0 Å². The van der Waals surface area contributed by atoms with Gasteiger partial charge in [-0.25, -0.2) is 0 Å². The van der Waals surface area contributed by atoms with Crippen molar-refractivity contribution in [3.05, 3.63) is 34.7 Å². The lowest BCUT2D eigenvalue weighted by Crippen LogP contribution is -2.33. The van der Waals surface area contributed by atoms with Crippen LogP contribution in [0.3, 0.4) is 0 Å². The number of carbonyl (C=O) groups excluding carboxylic acids is 1. The van der Waals surface area contributed by atoms with Gasteiger partial charge in [0.25, 0.3) is 5.91 Å². The maximum atomic E-state index is 11.8. The first-order valence-corrected chi connectivity index (χ1v) is 5.26. The summed E-state index contributed by atoms with van der Waals surface area (Å²) < 4.78 is 5.79. The Hall–Kier alpha value is -1.03. The van der Waals surface area contributed by atoms with Crippen molar-refractivity contribution in [2.45, 2.75) is 6.42 Å².